The van der Waals surface area contributed by atoms with Gasteiger partial charge in [-0.15, -0.1) is 0 Å². The topological polar surface area (TPSA) is 146 Å². The number of epoxide rings is 6. The van der Waals surface area contributed by atoms with Gasteiger partial charge < -0.3 is 47.4 Å². The van der Waals surface area contributed by atoms with Crippen molar-refractivity contribution in [1.29, 1.82) is 0 Å². The van der Waals surface area contributed by atoms with Gasteiger partial charge in [-0.1, -0.05) is 24.3 Å². The van der Waals surface area contributed by atoms with Gasteiger partial charge in [0, 0.05) is 5.92 Å². The van der Waals surface area contributed by atoms with Crippen LogP contribution in [0.15, 0.2) is 48.5 Å². The van der Waals surface area contributed by atoms with Crippen LogP contribution >= 0.6 is 0 Å². The first kappa shape index (κ1) is 42.7. The van der Waals surface area contributed by atoms with Crippen LogP contribution < -0.4 is 9.47 Å². The highest BCUT2D eigenvalue weighted by Gasteiger charge is 2.58. The zero-order valence-corrected chi connectivity index (χ0v) is 36.8. The normalized spacial score (nSPS) is 38.5. The maximum absolute atomic E-state index is 12.5. The van der Waals surface area contributed by atoms with Gasteiger partial charge in [0.1, 0.15) is 42.5 Å². The van der Waals surface area contributed by atoms with Crippen LogP contribution in [0.25, 0.3) is 0 Å². The van der Waals surface area contributed by atoms with E-state index in [1.54, 1.807) is 0 Å². The molecule has 0 aromatic heterocycles. The summed E-state index contributed by atoms with van der Waals surface area (Å²) >= 11 is 0. The minimum absolute atomic E-state index is 0.00258. The zero-order valence-electron chi connectivity index (χ0n) is 36.8. The van der Waals surface area contributed by atoms with Gasteiger partial charge >= 0.3 is 11.9 Å². The maximum atomic E-state index is 12.5. The second kappa shape index (κ2) is 18.0. The Morgan fingerprint density at radius 3 is 1.65 bits per heavy atom. The average Bonchev–Trinajstić information content (AvgIpc) is 4.04. The Morgan fingerprint density at radius 1 is 0.629 bits per heavy atom. The molecule has 0 N–H and O–H groups in total. The Morgan fingerprint density at radius 2 is 1.15 bits per heavy atom. The number of esters is 2. The third kappa shape index (κ3) is 11.3. The predicted molar refractivity (Wildman–Crippen MR) is 226 cm³/mol. The molecule has 0 radical (unpaired) electrons. The highest BCUT2D eigenvalue weighted by atomic mass is 16.6. The van der Waals surface area contributed by atoms with Gasteiger partial charge in [-0.3, -0.25) is 9.59 Å². The maximum Gasteiger partial charge on any atom is 0.309 e. The van der Waals surface area contributed by atoms with Crippen LogP contribution in [-0.4, -0.2) is 111 Å². The Kier molecular flexibility index (Phi) is 12.4. The van der Waals surface area contributed by atoms with Crippen LogP contribution in [0.4, 0.5) is 0 Å². The van der Waals surface area contributed by atoms with Gasteiger partial charge in [-0.25, -0.2) is 0 Å². The second-order valence-electron chi connectivity index (χ2n) is 20.4. The summed E-state index contributed by atoms with van der Waals surface area (Å²) in [5, 5.41) is 0. The molecule has 0 bridgehead atoms. The number of hydrogen-bond acceptors (Lipinski definition) is 12. The van der Waals surface area contributed by atoms with Crippen molar-refractivity contribution in [3.8, 4) is 11.5 Å². The van der Waals surface area contributed by atoms with Crippen molar-refractivity contribution in [2.75, 3.05) is 33.0 Å². The number of fused-ring (bicyclic) bond motifs is 4. The van der Waals surface area contributed by atoms with E-state index in [-0.39, 0.29) is 35.0 Å². The van der Waals surface area contributed by atoms with E-state index in [0.29, 0.717) is 86.6 Å². The molecule has 12 heteroatoms. The number of ether oxygens (including phenoxy) is 10. The number of rotatable bonds is 14. The molecule has 14 unspecified atom stereocenters. The molecule has 10 aliphatic rings. The summed E-state index contributed by atoms with van der Waals surface area (Å²) in [6.45, 7) is 9.87. The summed E-state index contributed by atoms with van der Waals surface area (Å²) in [7, 11) is 0. The lowest BCUT2D eigenvalue weighted by Gasteiger charge is -2.37. The van der Waals surface area contributed by atoms with Crippen LogP contribution in [0.1, 0.15) is 109 Å². The monoisotopic (exact) mass is 858 g/mol. The molecule has 4 saturated carbocycles. The lowest BCUT2D eigenvalue weighted by Crippen LogP contribution is -2.42. The molecule has 2 aromatic rings. The fourth-order valence-electron chi connectivity index (χ4n) is 10.2. The van der Waals surface area contributed by atoms with Gasteiger partial charge in [0.15, 0.2) is 0 Å². The molecule has 14 atom stereocenters. The quantitative estimate of drug-likeness (QED) is 0.139. The third-order valence-corrected chi connectivity index (χ3v) is 15.1. The molecule has 62 heavy (non-hydrogen) atoms. The molecule has 6 heterocycles. The van der Waals surface area contributed by atoms with Crippen molar-refractivity contribution in [2.24, 2.45) is 23.7 Å². The van der Waals surface area contributed by atoms with Gasteiger partial charge in [0.2, 0.25) is 0 Å². The smallest absolute Gasteiger partial charge is 0.309 e. The largest absolute Gasteiger partial charge is 0.491 e. The first-order valence-electron chi connectivity index (χ1n) is 23.7. The van der Waals surface area contributed by atoms with E-state index >= 15 is 0 Å². The minimum atomic E-state index is -0.383. The lowest BCUT2D eigenvalue weighted by molar-refractivity contribution is -0.169. The fraction of sp³-hybridized carbons (Fsp3) is 0.720. The van der Waals surface area contributed by atoms with Crippen molar-refractivity contribution in [3.63, 3.8) is 0 Å². The highest BCUT2D eigenvalue weighted by molar-refractivity contribution is 5.73. The number of carbonyl (C=O) groups is 2. The molecule has 0 spiro atoms. The second-order valence-corrected chi connectivity index (χ2v) is 20.4. The number of benzene rings is 2. The Hall–Kier alpha value is -3.26. The molecule has 338 valence electrons. The SMILES string of the molecule is CC(C)(OC(=O)C1CCC2OC2C1)C1CCC2(C)OC2C1.O=C(OCC1CCC2OC2C1)C1CCC2OC2C1.c1cc(OCC2CO2)ccc1Cc1ccc(OCC2CO2)cc1. The summed E-state index contributed by atoms with van der Waals surface area (Å²) in [5.74, 6) is 2.84. The van der Waals surface area contributed by atoms with E-state index in [0.717, 1.165) is 108 Å². The van der Waals surface area contributed by atoms with Gasteiger partial charge in [-0.05, 0) is 146 Å². The summed E-state index contributed by atoms with van der Waals surface area (Å²) in [6.07, 6.45) is 16.7. The molecule has 6 saturated heterocycles. The Balaban J connectivity index is 0.000000112. The summed E-state index contributed by atoms with van der Waals surface area (Å²) < 4.78 is 55.2. The van der Waals surface area contributed by atoms with Crippen molar-refractivity contribution in [3.05, 3.63) is 59.7 Å². The van der Waals surface area contributed by atoms with E-state index < -0.39 is 0 Å². The van der Waals surface area contributed by atoms with Crippen molar-refractivity contribution >= 4 is 11.9 Å². The predicted octanol–water partition coefficient (Wildman–Crippen LogP) is 7.33. The third-order valence-electron chi connectivity index (χ3n) is 15.1. The van der Waals surface area contributed by atoms with Crippen LogP contribution in [0.2, 0.25) is 0 Å². The van der Waals surface area contributed by atoms with E-state index in [2.05, 4.69) is 45.0 Å². The molecule has 0 amide bonds. The molecule has 12 rings (SSSR count). The molecule has 2 aromatic carbocycles. The van der Waals surface area contributed by atoms with E-state index in [4.69, 9.17) is 47.4 Å². The molecule has 6 aliphatic heterocycles. The number of hydrogen-bond donors (Lipinski definition) is 0. The van der Waals surface area contributed by atoms with Crippen LogP contribution in [0.5, 0.6) is 11.5 Å². The molecule has 10 fully saturated rings. The van der Waals surface area contributed by atoms with Gasteiger partial charge in [-0.2, -0.15) is 0 Å². The summed E-state index contributed by atoms with van der Waals surface area (Å²) in [5.41, 5.74) is 2.27. The fourth-order valence-corrected chi connectivity index (χ4v) is 10.2. The Labute approximate surface area is 366 Å². The molecular weight excluding hydrogens is 793 g/mol. The Bertz CT molecular complexity index is 1800. The highest BCUT2D eigenvalue weighted by Crippen LogP contribution is 2.52. The summed E-state index contributed by atoms with van der Waals surface area (Å²) in [6, 6.07) is 16.5. The molecular formula is C50H66O12. The molecule has 12 nitrogen and oxygen atoms in total. The van der Waals surface area contributed by atoms with E-state index in [1.807, 2.05) is 24.3 Å². The van der Waals surface area contributed by atoms with E-state index in [9.17, 15) is 9.59 Å². The van der Waals surface area contributed by atoms with Crippen LogP contribution in [0, 0.1) is 23.7 Å². The van der Waals surface area contributed by atoms with Crippen molar-refractivity contribution < 1.29 is 57.0 Å². The van der Waals surface area contributed by atoms with Crippen LogP contribution in [0.3, 0.4) is 0 Å². The average molecular weight is 859 g/mol. The van der Waals surface area contributed by atoms with Crippen molar-refractivity contribution in [2.45, 2.75) is 170 Å². The summed E-state index contributed by atoms with van der Waals surface area (Å²) in [4.78, 5) is 24.5. The number of carbonyl (C=O) groups excluding carboxylic acids is 2. The van der Waals surface area contributed by atoms with Gasteiger partial charge in [0.05, 0.1) is 80.0 Å². The minimum Gasteiger partial charge on any atom is -0.491 e. The van der Waals surface area contributed by atoms with Gasteiger partial charge in [0.25, 0.3) is 0 Å². The first-order valence-corrected chi connectivity index (χ1v) is 23.7. The zero-order chi connectivity index (χ0) is 42.4. The standard InChI is InChI=1S/C19H20O4.C17H26O4.C14H20O4/c1-5-16(20-10-18-12-22-18)6-2-14(1)9-15-3-7-17(8-4-15)21-11-19-13-23-19;1-16(2,11-6-7-17(3)14(9-11)20-17)21-15(18)10-4-5-12-13(8-10)19-12;15-14(9-2-4-11-13(6-9)18-11)16-7-8-1-3-10-12(5-8)17-10/h1-8,18-19H,9-13H2;10-14H,4-9H2,1-3H3;8-13H,1-7H2. The van der Waals surface area contributed by atoms with Crippen molar-refractivity contribution in [1.82, 2.24) is 0 Å². The van der Waals surface area contributed by atoms with Crippen LogP contribution in [-0.2, 0) is 53.9 Å². The first-order chi connectivity index (χ1) is 30.0. The lowest BCUT2D eigenvalue weighted by atomic mass is 9.75. The van der Waals surface area contributed by atoms with E-state index in [1.165, 1.54) is 11.1 Å². The molecule has 4 aliphatic carbocycles.